The van der Waals surface area contributed by atoms with Gasteiger partial charge in [0.15, 0.2) is 0 Å². The lowest BCUT2D eigenvalue weighted by molar-refractivity contribution is -0.170. The summed E-state index contributed by atoms with van der Waals surface area (Å²) in [6, 6.07) is 0. The van der Waals surface area contributed by atoms with Gasteiger partial charge in [0.2, 0.25) is 0 Å². The Bertz CT molecular complexity index is 489. The molecular formula is C19H30O3. The van der Waals surface area contributed by atoms with Crippen LogP contribution in [0.4, 0.5) is 0 Å². The lowest BCUT2D eigenvalue weighted by Crippen LogP contribution is -2.58. The molecule has 22 heavy (non-hydrogen) atoms. The second kappa shape index (κ2) is 4.80. The molecule has 0 spiro atoms. The van der Waals surface area contributed by atoms with Crippen LogP contribution >= 0.6 is 0 Å². The molecule has 0 amide bonds. The van der Waals surface area contributed by atoms with Gasteiger partial charge in [0.25, 0.3) is 0 Å². The van der Waals surface area contributed by atoms with E-state index in [9.17, 15) is 15.0 Å². The Morgan fingerprint density at radius 2 is 1.73 bits per heavy atom. The van der Waals surface area contributed by atoms with Crippen molar-refractivity contribution < 1.29 is 15.0 Å². The molecule has 2 N–H and O–H groups in total. The second-order valence-electron chi connectivity index (χ2n) is 9.14. The summed E-state index contributed by atoms with van der Waals surface area (Å²) >= 11 is 0. The van der Waals surface area contributed by atoms with Gasteiger partial charge in [0.05, 0.1) is 12.2 Å². The van der Waals surface area contributed by atoms with Crippen LogP contribution in [0.3, 0.4) is 0 Å². The molecule has 0 radical (unpaired) electrons. The zero-order chi connectivity index (χ0) is 15.7. The van der Waals surface area contributed by atoms with Gasteiger partial charge in [-0.2, -0.15) is 0 Å². The molecular weight excluding hydrogens is 276 g/mol. The van der Waals surface area contributed by atoms with Crippen molar-refractivity contribution in [3.63, 3.8) is 0 Å². The van der Waals surface area contributed by atoms with Gasteiger partial charge in [-0.1, -0.05) is 13.8 Å². The van der Waals surface area contributed by atoms with E-state index in [1.54, 1.807) is 0 Å². The Hall–Kier alpha value is -0.410. The van der Waals surface area contributed by atoms with Gasteiger partial charge in [-0.15, -0.1) is 0 Å². The number of hydrogen-bond acceptors (Lipinski definition) is 3. The highest BCUT2D eigenvalue weighted by Crippen LogP contribution is 2.65. The molecule has 3 heteroatoms. The Labute approximate surface area is 133 Å². The number of fused-ring (bicyclic) bond motifs is 5. The average molecular weight is 306 g/mol. The molecule has 4 fully saturated rings. The fourth-order valence-corrected chi connectivity index (χ4v) is 7.05. The van der Waals surface area contributed by atoms with E-state index in [1.165, 1.54) is 0 Å². The van der Waals surface area contributed by atoms with Crippen molar-refractivity contribution in [2.24, 2.45) is 34.5 Å². The van der Waals surface area contributed by atoms with Gasteiger partial charge < -0.3 is 10.2 Å². The van der Waals surface area contributed by atoms with Crippen LogP contribution in [0.5, 0.6) is 0 Å². The van der Waals surface area contributed by atoms with Crippen molar-refractivity contribution in [2.45, 2.75) is 77.4 Å². The Morgan fingerprint density at radius 1 is 0.955 bits per heavy atom. The van der Waals surface area contributed by atoms with Crippen molar-refractivity contribution in [1.29, 1.82) is 0 Å². The first kappa shape index (κ1) is 15.1. The molecule has 4 aliphatic carbocycles. The van der Waals surface area contributed by atoms with Crippen molar-refractivity contribution in [3.8, 4) is 0 Å². The molecule has 0 saturated heterocycles. The SMILES string of the molecule is C[C@]12CC[C@@H](O)CC1[C@@H](O)CC1C2CC[C@]2(C)C(=O)CCC12. The number of Topliss-reactive ketones (excluding diaryl/α,β-unsaturated/α-hetero) is 1. The highest BCUT2D eigenvalue weighted by atomic mass is 16.3. The number of hydrogen-bond donors (Lipinski definition) is 2. The maximum absolute atomic E-state index is 12.4. The third-order valence-corrected chi connectivity index (χ3v) is 8.36. The number of aliphatic hydroxyl groups is 2. The Kier molecular flexibility index (Phi) is 3.30. The molecule has 4 rings (SSSR count). The highest BCUT2D eigenvalue weighted by Gasteiger charge is 2.61. The lowest BCUT2D eigenvalue weighted by atomic mass is 9.44. The summed E-state index contributed by atoms with van der Waals surface area (Å²) in [6.45, 7) is 4.55. The summed E-state index contributed by atoms with van der Waals surface area (Å²) in [5.41, 5.74) is 0.0484. The molecule has 3 nitrogen and oxygen atoms in total. The van der Waals surface area contributed by atoms with Crippen LogP contribution in [-0.4, -0.2) is 28.2 Å². The second-order valence-corrected chi connectivity index (χ2v) is 9.14. The smallest absolute Gasteiger partial charge is 0.139 e. The summed E-state index contributed by atoms with van der Waals surface area (Å²) in [7, 11) is 0. The summed E-state index contributed by atoms with van der Waals surface area (Å²) < 4.78 is 0. The van der Waals surface area contributed by atoms with Gasteiger partial charge in [-0.05, 0) is 74.0 Å². The predicted octanol–water partition coefficient (Wildman–Crippen LogP) is 2.93. The number of aliphatic hydroxyl groups excluding tert-OH is 2. The van der Waals surface area contributed by atoms with Crippen LogP contribution in [0.25, 0.3) is 0 Å². The zero-order valence-electron chi connectivity index (χ0n) is 13.9. The van der Waals surface area contributed by atoms with Crippen LogP contribution in [-0.2, 0) is 4.79 Å². The molecule has 0 aromatic carbocycles. The van der Waals surface area contributed by atoms with E-state index in [4.69, 9.17) is 0 Å². The summed E-state index contributed by atoms with van der Waals surface area (Å²) in [5.74, 6) is 2.35. The van der Waals surface area contributed by atoms with Crippen molar-refractivity contribution in [1.82, 2.24) is 0 Å². The third kappa shape index (κ3) is 1.84. The zero-order valence-corrected chi connectivity index (χ0v) is 13.9. The summed E-state index contributed by atoms with van der Waals surface area (Å²) in [4.78, 5) is 12.4. The van der Waals surface area contributed by atoms with Crippen LogP contribution in [0.15, 0.2) is 0 Å². The molecule has 0 heterocycles. The van der Waals surface area contributed by atoms with E-state index in [2.05, 4.69) is 13.8 Å². The monoisotopic (exact) mass is 306 g/mol. The van der Waals surface area contributed by atoms with Crippen molar-refractivity contribution in [2.75, 3.05) is 0 Å². The normalized spacial score (nSPS) is 57.9. The van der Waals surface area contributed by atoms with Gasteiger partial charge in [0, 0.05) is 11.8 Å². The Balaban J connectivity index is 1.68. The molecule has 4 saturated carbocycles. The van der Waals surface area contributed by atoms with Crippen LogP contribution < -0.4 is 0 Å². The minimum Gasteiger partial charge on any atom is -0.393 e. The molecule has 8 atom stereocenters. The van der Waals surface area contributed by atoms with E-state index in [0.717, 1.165) is 51.4 Å². The van der Waals surface area contributed by atoms with Crippen molar-refractivity contribution >= 4 is 5.78 Å². The quantitative estimate of drug-likeness (QED) is 0.723. The van der Waals surface area contributed by atoms with Crippen LogP contribution in [0, 0.1) is 34.5 Å². The van der Waals surface area contributed by atoms with Crippen molar-refractivity contribution in [3.05, 3.63) is 0 Å². The number of rotatable bonds is 0. The minimum absolute atomic E-state index is 0.113. The summed E-state index contributed by atoms with van der Waals surface area (Å²) in [6.07, 6.45) is 6.97. The lowest BCUT2D eigenvalue weighted by Gasteiger charge is -2.61. The molecule has 0 aromatic rings. The van der Waals surface area contributed by atoms with E-state index in [-0.39, 0.29) is 29.0 Å². The van der Waals surface area contributed by atoms with Gasteiger partial charge >= 0.3 is 0 Å². The standard InChI is InChI=1S/C19H30O3/c1-18-7-5-11(20)9-15(18)16(21)10-12-13-3-4-17(22)19(13,2)8-6-14(12)18/h11-16,20-21H,3-10H2,1-2H3/t11-,12?,13?,14?,15?,16+,18-,19+/m1/s1. The molecule has 0 bridgehead atoms. The van der Waals surface area contributed by atoms with E-state index >= 15 is 0 Å². The maximum Gasteiger partial charge on any atom is 0.139 e. The largest absolute Gasteiger partial charge is 0.393 e. The van der Waals surface area contributed by atoms with E-state index < -0.39 is 0 Å². The fourth-order valence-electron chi connectivity index (χ4n) is 7.05. The molecule has 4 aliphatic rings. The van der Waals surface area contributed by atoms with Crippen LogP contribution in [0.2, 0.25) is 0 Å². The topological polar surface area (TPSA) is 57.5 Å². The van der Waals surface area contributed by atoms with E-state index in [0.29, 0.717) is 23.5 Å². The summed E-state index contributed by atoms with van der Waals surface area (Å²) in [5, 5.41) is 20.8. The maximum atomic E-state index is 12.4. The van der Waals surface area contributed by atoms with E-state index in [1.807, 2.05) is 0 Å². The fraction of sp³-hybridized carbons (Fsp3) is 0.947. The molecule has 0 aromatic heterocycles. The molecule has 0 aliphatic heterocycles. The van der Waals surface area contributed by atoms with Crippen LogP contribution in [0.1, 0.15) is 65.2 Å². The molecule has 4 unspecified atom stereocenters. The minimum atomic E-state index is -0.292. The first-order chi connectivity index (χ1) is 10.4. The first-order valence-corrected chi connectivity index (χ1v) is 9.25. The third-order valence-electron chi connectivity index (χ3n) is 8.36. The number of ketones is 1. The molecule has 124 valence electrons. The number of carbonyl (C=O) groups is 1. The first-order valence-electron chi connectivity index (χ1n) is 9.25. The average Bonchev–Trinajstić information content (AvgIpc) is 2.77. The highest BCUT2D eigenvalue weighted by molar-refractivity contribution is 5.87. The van der Waals surface area contributed by atoms with Gasteiger partial charge in [0.1, 0.15) is 5.78 Å². The van der Waals surface area contributed by atoms with Gasteiger partial charge in [-0.25, -0.2) is 0 Å². The van der Waals surface area contributed by atoms with Gasteiger partial charge in [-0.3, -0.25) is 4.79 Å². The Morgan fingerprint density at radius 3 is 2.50 bits per heavy atom. The predicted molar refractivity (Wildman–Crippen MR) is 84.1 cm³/mol. The number of carbonyl (C=O) groups excluding carboxylic acids is 1.